The fourth-order valence-corrected chi connectivity index (χ4v) is 3.91. The zero-order valence-corrected chi connectivity index (χ0v) is 20.0. The van der Waals surface area contributed by atoms with Crippen LogP contribution in [0.4, 0.5) is 0 Å². The highest BCUT2D eigenvalue weighted by Gasteiger charge is 2.15. The third kappa shape index (κ3) is 8.07. The quantitative estimate of drug-likeness (QED) is 0.380. The zero-order chi connectivity index (χ0) is 23.6. The van der Waals surface area contributed by atoms with Gasteiger partial charge in [-0.3, -0.25) is 4.79 Å². The normalized spacial score (nSPS) is 11.2. The highest BCUT2D eigenvalue weighted by Crippen LogP contribution is 2.29. The number of aryl methyl sites for hydroxylation is 3. The van der Waals surface area contributed by atoms with E-state index < -0.39 is 5.97 Å². The van der Waals surface area contributed by atoms with Gasteiger partial charge in [-0.1, -0.05) is 71.8 Å². The van der Waals surface area contributed by atoms with E-state index in [4.69, 9.17) is 9.84 Å². The standard InChI is InChI=1S/C29H35NO3/c1-22-4-11-25(12-5-22)28(26-13-6-23(2)7-14-26)18-19-30(3)20-21-33-27-15-8-24(9-16-27)10-17-29(31)32/h4-9,11-16,28H,10,17-21H2,1-3H3,(H,31,32). The molecule has 1 N–H and O–H groups in total. The van der Waals surface area contributed by atoms with Crippen LogP contribution in [0, 0.1) is 13.8 Å². The van der Waals surface area contributed by atoms with Crippen molar-refractivity contribution in [3.05, 3.63) is 101 Å². The fourth-order valence-electron chi connectivity index (χ4n) is 3.91. The molecule has 0 fully saturated rings. The number of carboxylic acids is 1. The van der Waals surface area contributed by atoms with E-state index in [0.29, 0.717) is 18.9 Å². The molecule has 0 spiro atoms. The Kier molecular flexibility index (Phi) is 9.08. The first-order chi connectivity index (χ1) is 15.9. The number of hydrogen-bond acceptors (Lipinski definition) is 3. The van der Waals surface area contributed by atoms with E-state index in [2.05, 4.69) is 74.3 Å². The maximum Gasteiger partial charge on any atom is 0.303 e. The Bertz CT molecular complexity index is 949. The molecule has 4 heteroatoms. The summed E-state index contributed by atoms with van der Waals surface area (Å²) in [6.07, 6.45) is 1.74. The van der Waals surface area contributed by atoms with Crippen LogP contribution in [-0.2, 0) is 11.2 Å². The molecule has 0 aliphatic heterocycles. The molecule has 0 atom stereocenters. The van der Waals surface area contributed by atoms with Crippen molar-refractivity contribution in [2.75, 3.05) is 26.7 Å². The molecule has 3 aromatic rings. The van der Waals surface area contributed by atoms with Crippen molar-refractivity contribution >= 4 is 5.97 Å². The van der Waals surface area contributed by atoms with Gasteiger partial charge in [-0.2, -0.15) is 0 Å². The van der Waals surface area contributed by atoms with Crippen molar-refractivity contribution in [2.24, 2.45) is 0 Å². The third-order valence-corrected chi connectivity index (χ3v) is 6.05. The lowest BCUT2D eigenvalue weighted by molar-refractivity contribution is -0.136. The van der Waals surface area contributed by atoms with Crippen molar-refractivity contribution < 1.29 is 14.6 Å². The molecule has 3 rings (SSSR count). The van der Waals surface area contributed by atoms with Crippen LogP contribution in [0.2, 0.25) is 0 Å². The Morgan fingerprint density at radius 1 is 0.848 bits per heavy atom. The number of rotatable bonds is 12. The summed E-state index contributed by atoms with van der Waals surface area (Å²) in [6.45, 7) is 6.69. The highest BCUT2D eigenvalue weighted by atomic mass is 16.5. The summed E-state index contributed by atoms with van der Waals surface area (Å²) in [5.41, 5.74) is 6.30. The second-order valence-electron chi connectivity index (χ2n) is 8.85. The monoisotopic (exact) mass is 445 g/mol. The van der Waals surface area contributed by atoms with E-state index >= 15 is 0 Å². The minimum absolute atomic E-state index is 0.150. The topological polar surface area (TPSA) is 49.8 Å². The molecule has 0 bridgehead atoms. The predicted molar refractivity (Wildman–Crippen MR) is 134 cm³/mol. The number of carbonyl (C=O) groups is 1. The Labute approximate surface area is 197 Å². The van der Waals surface area contributed by atoms with Gasteiger partial charge in [-0.25, -0.2) is 0 Å². The molecule has 0 heterocycles. The summed E-state index contributed by atoms with van der Waals surface area (Å²) < 4.78 is 5.90. The van der Waals surface area contributed by atoms with Gasteiger partial charge in [-0.15, -0.1) is 0 Å². The number of nitrogens with zero attached hydrogens (tertiary/aromatic N) is 1. The average Bonchev–Trinajstić information content (AvgIpc) is 2.81. The second kappa shape index (κ2) is 12.2. The van der Waals surface area contributed by atoms with Crippen molar-refractivity contribution in [3.63, 3.8) is 0 Å². The Morgan fingerprint density at radius 2 is 1.39 bits per heavy atom. The van der Waals surface area contributed by atoms with Crippen LogP contribution in [0.1, 0.15) is 46.6 Å². The van der Waals surface area contributed by atoms with Crippen LogP contribution >= 0.6 is 0 Å². The number of aliphatic carboxylic acids is 1. The minimum Gasteiger partial charge on any atom is -0.492 e. The van der Waals surface area contributed by atoms with Crippen molar-refractivity contribution in [1.82, 2.24) is 4.90 Å². The van der Waals surface area contributed by atoms with Gasteiger partial charge in [0.05, 0.1) is 0 Å². The molecular weight excluding hydrogens is 410 g/mol. The second-order valence-corrected chi connectivity index (χ2v) is 8.85. The molecule has 0 aliphatic carbocycles. The van der Waals surface area contributed by atoms with Crippen molar-refractivity contribution in [3.8, 4) is 5.75 Å². The molecule has 0 amide bonds. The summed E-state index contributed by atoms with van der Waals surface area (Å²) in [7, 11) is 2.14. The van der Waals surface area contributed by atoms with Gasteiger partial charge in [0.2, 0.25) is 0 Å². The van der Waals surface area contributed by atoms with Gasteiger partial charge in [0.15, 0.2) is 0 Å². The first kappa shape index (κ1) is 24.5. The Morgan fingerprint density at radius 3 is 1.91 bits per heavy atom. The Hall–Kier alpha value is -3.11. The molecule has 0 unspecified atom stereocenters. The lowest BCUT2D eigenvalue weighted by Gasteiger charge is -2.23. The highest BCUT2D eigenvalue weighted by molar-refractivity contribution is 5.67. The van der Waals surface area contributed by atoms with Gasteiger partial charge in [0.25, 0.3) is 0 Å². The van der Waals surface area contributed by atoms with Crippen LogP contribution < -0.4 is 4.74 Å². The number of hydrogen-bond donors (Lipinski definition) is 1. The number of ether oxygens (including phenoxy) is 1. The van der Waals surface area contributed by atoms with E-state index in [1.165, 1.54) is 22.3 Å². The first-order valence-corrected chi connectivity index (χ1v) is 11.7. The van der Waals surface area contributed by atoms with Crippen LogP contribution in [0.25, 0.3) is 0 Å². The molecule has 0 aliphatic rings. The average molecular weight is 446 g/mol. The largest absolute Gasteiger partial charge is 0.492 e. The first-order valence-electron chi connectivity index (χ1n) is 11.7. The molecule has 0 saturated carbocycles. The SMILES string of the molecule is Cc1ccc(C(CCN(C)CCOc2ccc(CCC(=O)O)cc2)c2ccc(C)cc2)cc1. The Balaban J connectivity index is 1.50. The summed E-state index contributed by atoms with van der Waals surface area (Å²) in [4.78, 5) is 13.0. The molecule has 0 saturated heterocycles. The van der Waals surface area contributed by atoms with Crippen molar-refractivity contribution in [1.29, 1.82) is 0 Å². The molecule has 33 heavy (non-hydrogen) atoms. The number of carboxylic acid groups (broad SMARTS) is 1. The van der Waals surface area contributed by atoms with Gasteiger partial charge in [0, 0.05) is 18.9 Å². The van der Waals surface area contributed by atoms with E-state index in [0.717, 1.165) is 30.8 Å². The van der Waals surface area contributed by atoms with E-state index in [1.54, 1.807) is 0 Å². The molecule has 0 aromatic heterocycles. The molecular formula is C29H35NO3. The summed E-state index contributed by atoms with van der Waals surface area (Å²) in [5.74, 6) is 0.415. The lowest BCUT2D eigenvalue weighted by Crippen LogP contribution is -2.26. The molecule has 0 radical (unpaired) electrons. The maximum atomic E-state index is 10.7. The summed E-state index contributed by atoms with van der Waals surface area (Å²) in [6, 6.07) is 25.5. The van der Waals surface area contributed by atoms with Crippen LogP contribution in [0.15, 0.2) is 72.8 Å². The van der Waals surface area contributed by atoms with Gasteiger partial charge < -0.3 is 14.7 Å². The van der Waals surface area contributed by atoms with Crippen LogP contribution in [-0.4, -0.2) is 42.7 Å². The summed E-state index contributed by atoms with van der Waals surface area (Å²) in [5, 5.41) is 8.80. The van der Waals surface area contributed by atoms with Crippen LogP contribution in [0.3, 0.4) is 0 Å². The smallest absolute Gasteiger partial charge is 0.303 e. The maximum absolute atomic E-state index is 10.7. The summed E-state index contributed by atoms with van der Waals surface area (Å²) >= 11 is 0. The van der Waals surface area contributed by atoms with Crippen LogP contribution in [0.5, 0.6) is 5.75 Å². The van der Waals surface area contributed by atoms with Gasteiger partial charge >= 0.3 is 5.97 Å². The number of likely N-dealkylation sites (N-methyl/N-ethyl adjacent to an activating group) is 1. The number of benzene rings is 3. The van der Waals surface area contributed by atoms with E-state index in [9.17, 15) is 4.79 Å². The third-order valence-electron chi connectivity index (χ3n) is 6.05. The fraction of sp³-hybridized carbons (Fsp3) is 0.345. The minimum atomic E-state index is -0.773. The van der Waals surface area contributed by atoms with Gasteiger partial charge in [0.1, 0.15) is 12.4 Å². The predicted octanol–water partition coefficient (Wildman–Crippen LogP) is 5.85. The molecule has 174 valence electrons. The molecule has 3 aromatic carbocycles. The zero-order valence-electron chi connectivity index (χ0n) is 20.0. The van der Waals surface area contributed by atoms with E-state index in [-0.39, 0.29) is 6.42 Å². The van der Waals surface area contributed by atoms with E-state index in [1.807, 2.05) is 24.3 Å². The van der Waals surface area contributed by atoms with Gasteiger partial charge in [-0.05, 0) is 69.1 Å². The molecule has 4 nitrogen and oxygen atoms in total. The van der Waals surface area contributed by atoms with Crippen molar-refractivity contribution in [2.45, 2.75) is 39.0 Å². The lowest BCUT2D eigenvalue weighted by atomic mass is 9.87.